The van der Waals surface area contributed by atoms with Gasteiger partial charge in [-0.3, -0.25) is 0 Å². The monoisotopic (exact) mass is 326 g/mol. The standard InChI is InChI=1S/C23H22N2/c1-15(20-13-24-22-11-4-3-9-18(20)22)16(2)21-14-25-12-6-8-17-7-5-10-19(21)23(17)25/h3-5,7,9-11,13-14,24H,6,8,12H2,1-2H3. The number of aromatic amines is 1. The maximum absolute atomic E-state index is 3.41. The molecule has 0 spiro atoms. The zero-order valence-corrected chi connectivity index (χ0v) is 14.8. The minimum atomic E-state index is 1.13. The number of hydrogen-bond acceptors (Lipinski definition) is 0. The van der Waals surface area contributed by atoms with Crippen LogP contribution in [0.3, 0.4) is 0 Å². The second-order valence-corrected chi connectivity index (χ2v) is 7.15. The third-order valence-corrected chi connectivity index (χ3v) is 5.79. The zero-order valence-electron chi connectivity index (χ0n) is 14.8. The Morgan fingerprint density at radius 3 is 2.64 bits per heavy atom. The van der Waals surface area contributed by atoms with E-state index in [9.17, 15) is 0 Å². The first-order valence-corrected chi connectivity index (χ1v) is 9.09. The lowest BCUT2D eigenvalue weighted by Gasteiger charge is -2.14. The summed E-state index contributed by atoms with van der Waals surface area (Å²) in [6.45, 7) is 5.64. The van der Waals surface area contributed by atoms with Crippen molar-refractivity contribution in [2.24, 2.45) is 0 Å². The molecule has 1 aliphatic heterocycles. The van der Waals surface area contributed by atoms with E-state index in [4.69, 9.17) is 0 Å². The zero-order chi connectivity index (χ0) is 17.0. The summed E-state index contributed by atoms with van der Waals surface area (Å²) in [7, 11) is 0. The maximum atomic E-state index is 3.41. The first kappa shape index (κ1) is 14.6. The van der Waals surface area contributed by atoms with Crippen LogP contribution >= 0.6 is 0 Å². The van der Waals surface area contributed by atoms with E-state index >= 15 is 0 Å². The minimum Gasteiger partial charge on any atom is -0.361 e. The van der Waals surface area contributed by atoms with Crippen LogP contribution in [0.5, 0.6) is 0 Å². The van der Waals surface area contributed by atoms with E-state index in [-0.39, 0.29) is 0 Å². The van der Waals surface area contributed by atoms with Crippen LogP contribution < -0.4 is 0 Å². The van der Waals surface area contributed by atoms with Crippen LogP contribution in [0.15, 0.2) is 54.9 Å². The second kappa shape index (κ2) is 5.38. The quantitative estimate of drug-likeness (QED) is 0.465. The van der Waals surface area contributed by atoms with Gasteiger partial charge >= 0.3 is 0 Å². The van der Waals surface area contributed by atoms with Crippen molar-refractivity contribution in [3.05, 3.63) is 71.5 Å². The minimum absolute atomic E-state index is 1.13. The summed E-state index contributed by atoms with van der Waals surface area (Å²) >= 11 is 0. The molecule has 0 radical (unpaired) electrons. The molecule has 2 heteroatoms. The van der Waals surface area contributed by atoms with Gasteiger partial charge in [0.2, 0.25) is 0 Å². The van der Waals surface area contributed by atoms with E-state index in [1.54, 1.807) is 0 Å². The van der Waals surface area contributed by atoms with Crippen molar-refractivity contribution in [2.45, 2.75) is 33.2 Å². The number of hydrogen-bond donors (Lipinski definition) is 1. The van der Waals surface area contributed by atoms with E-state index in [2.05, 4.69) is 78.3 Å². The summed E-state index contributed by atoms with van der Waals surface area (Å²) < 4.78 is 2.45. The molecular weight excluding hydrogens is 304 g/mol. The lowest BCUT2D eigenvalue weighted by Crippen LogP contribution is -2.05. The Morgan fingerprint density at radius 1 is 0.920 bits per heavy atom. The number of aryl methyl sites for hydroxylation is 2. The molecule has 0 fully saturated rings. The van der Waals surface area contributed by atoms with Crippen molar-refractivity contribution in [1.29, 1.82) is 0 Å². The van der Waals surface area contributed by atoms with Crippen LogP contribution in [0.25, 0.3) is 33.0 Å². The van der Waals surface area contributed by atoms with E-state index < -0.39 is 0 Å². The Morgan fingerprint density at radius 2 is 1.72 bits per heavy atom. The van der Waals surface area contributed by atoms with Crippen LogP contribution in [0, 0.1) is 0 Å². The molecule has 2 aromatic carbocycles. The molecule has 0 atom stereocenters. The van der Waals surface area contributed by atoms with Crippen LogP contribution in [-0.4, -0.2) is 9.55 Å². The number of nitrogens with zero attached hydrogens (tertiary/aromatic N) is 1. The van der Waals surface area contributed by atoms with Gasteiger partial charge in [0.05, 0.1) is 5.52 Å². The van der Waals surface area contributed by atoms with Crippen LogP contribution in [-0.2, 0) is 13.0 Å². The maximum Gasteiger partial charge on any atom is 0.0519 e. The van der Waals surface area contributed by atoms with E-state index in [1.165, 1.54) is 62.5 Å². The predicted octanol–water partition coefficient (Wildman–Crippen LogP) is 6.02. The first-order chi connectivity index (χ1) is 12.2. The number of H-pyrrole nitrogens is 1. The normalized spacial score (nSPS) is 15.0. The van der Waals surface area contributed by atoms with Crippen molar-refractivity contribution in [3.8, 4) is 0 Å². The fraction of sp³-hybridized carbons (Fsp3) is 0.217. The molecule has 2 aromatic heterocycles. The molecular formula is C23H22N2. The van der Waals surface area contributed by atoms with Gasteiger partial charge < -0.3 is 9.55 Å². The topological polar surface area (TPSA) is 20.7 Å². The number of allylic oxidation sites excluding steroid dienone is 2. The molecule has 0 unspecified atom stereocenters. The van der Waals surface area contributed by atoms with Crippen molar-refractivity contribution >= 4 is 33.0 Å². The molecule has 25 heavy (non-hydrogen) atoms. The Hall–Kier alpha value is -2.74. The summed E-state index contributed by atoms with van der Waals surface area (Å²) in [5.74, 6) is 0. The highest BCUT2D eigenvalue weighted by molar-refractivity contribution is 6.04. The molecule has 3 heterocycles. The lowest BCUT2D eigenvalue weighted by molar-refractivity contribution is 0.635. The average Bonchev–Trinajstić information content (AvgIpc) is 3.24. The van der Waals surface area contributed by atoms with Gasteiger partial charge in [-0.2, -0.15) is 0 Å². The molecule has 0 saturated heterocycles. The van der Waals surface area contributed by atoms with Crippen LogP contribution in [0.2, 0.25) is 0 Å². The lowest BCUT2D eigenvalue weighted by atomic mass is 9.95. The van der Waals surface area contributed by atoms with Gasteiger partial charge in [-0.05, 0) is 49.5 Å². The van der Waals surface area contributed by atoms with Crippen LogP contribution in [0.1, 0.15) is 37.0 Å². The first-order valence-electron chi connectivity index (χ1n) is 9.09. The van der Waals surface area contributed by atoms with Crippen molar-refractivity contribution in [2.75, 3.05) is 0 Å². The summed E-state index contributed by atoms with van der Waals surface area (Å²) in [5.41, 5.74) is 9.53. The van der Waals surface area contributed by atoms with Gasteiger partial charge in [0.15, 0.2) is 0 Å². The summed E-state index contributed by atoms with van der Waals surface area (Å²) in [6, 6.07) is 15.3. The Labute approximate surface area is 147 Å². The van der Waals surface area contributed by atoms with Crippen molar-refractivity contribution in [1.82, 2.24) is 9.55 Å². The molecule has 2 nitrogen and oxygen atoms in total. The predicted molar refractivity (Wildman–Crippen MR) is 107 cm³/mol. The van der Waals surface area contributed by atoms with Gasteiger partial charge in [0, 0.05) is 46.4 Å². The molecule has 0 bridgehead atoms. The third kappa shape index (κ3) is 2.10. The molecule has 1 N–H and O–H groups in total. The second-order valence-electron chi connectivity index (χ2n) is 7.15. The van der Waals surface area contributed by atoms with Gasteiger partial charge in [-0.25, -0.2) is 0 Å². The smallest absolute Gasteiger partial charge is 0.0519 e. The Kier molecular flexibility index (Phi) is 3.14. The number of aromatic nitrogens is 2. The molecule has 124 valence electrons. The number of nitrogens with one attached hydrogen (secondary N) is 1. The average molecular weight is 326 g/mol. The highest BCUT2D eigenvalue weighted by atomic mass is 15.0. The van der Waals surface area contributed by atoms with E-state index in [0.29, 0.717) is 0 Å². The SMILES string of the molecule is CC(=C(C)c1cn2c3c(cccc13)CCC2)c1c[nH]c2ccccc12. The van der Waals surface area contributed by atoms with E-state index in [1.807, 2.05) is 0 Å². The van der Waals surface area contributed by atoms with Crippen molar-refractivity contribution < 1.29 is 0 Å². The molecule has 5 rings (SSSR count). The highest BCUT2D eigenvalue weighted by Crippen LogP contribution is 2.37. The summed E-state index contributed by atoms with van der Waals surface area (Å²) in [4.78, 5) is 3.41. The largest absolute Gasteiger partial charge is 0.361 e. The van der Waals surface area contributed by atoms with Gasteiger partial charge in [-0.1, -0.05) is 36.4 Å². The summed E-state index contributed by atoms with van der Waals surface area (Å²) in [5, 5.41) is 2.70. The highest BCUT2D eigenvalue weighted by Gasteiger charge is 2.18. The van der Waals surface area contributed by atoms with Gasteiger partial charge in [-0.15, -0.1) is 0 Å². The number of para-hydroxylation sites is 2. The Bertz CT molecular complexity index is 1140. The number of rotatable bonds is 2. The molecule has 1 aliphatic rings. The molecule has 0 saturated carbocycles. The van der Waals surface area contributed by atoms with E-state index in [0.717, 1.165) is 6.54 Å². The summed E-state index contributed by atoms with van der Waals surface area (Å²) in [6.07, 6.45) is 6.95. The third-order valence-electron chi connectivity index (χ3n) is 5.79. The fourth-order valence-corrected chi connectivity index (χ4v) is 4.34. The van der Waals surface area contributed by atoms with Gasteiger partial charge in [0.1, 0.15) is 0 Å². The fourth-order valence-electron chi connectivity index (χ4n) is 4.34. The number of benzene rings is 2. The Balaban J connectivity index is 1.74. The molecule has 0 aliphatic carbocycles. The number of fused-ring (bicyclic) bond motifs is 1. The van der Waals surface area contributed by atoms with Crippen LogP contribution in [0.4, 0.5) is 0 Å². The molecule has 0 amide bonds. The van der Waals surface area contributed by atoms with Crippen molar-refractivity contribution in [3.63, 3.8) is 0 Å². The van der Waals surface area contributed by atoms with Gasteiger partial charge in [0.25, 0.3) is 0 Å². The molecule has 4 aromatic rings.